The molecule has 16 heavy (non-hydrogen) atoms. The maximum atomic E-state index is 10.3. The number of carboxylic acids is 1. The Balaban J connectivity index is 1.97. The molecule has 0 aromatic heterocycles. The molecule has 1 aliphatic rings. The molecule has 1 N–H and O–H groups in total. The first-order chi connectivity index (χ1) is 7.75. The second kappa shape index (κ2) is 5.25. The van der Waals surface area contributed by atoms with E-state index in [1.807, 2.05) is 23.9 Å². The van der Waals surface area contributed by atoms with Gasteiger partial charge in [-0.15, -0.1) is 11.8 Å². The van der Waals surface area contributed by atoms with Gasteiger partial charge in [0.15, 0.2) is 0 Å². The number of rotatable bonds is 4. The van der Waals surface area contributed by atoms with Gasteiger partial charge in [-0.2, -0.15) is 0 Å². The summed E-state index contributed by atoms with van der Waals surface area (Å²) < 4.78 is 5.39. The molecule has 0 bridgehead atoms. The number of carbonyl (C=O) groups is 1. The Labute approximate surface area is 98.8 Å². The summed E-state index contributed by atoms with van der Waals surface area (Å²) in [5.74, 6) is 1.14. The van der Waals surface area contributed by atoms with Crippen molar-refractivity contribution in [1.29, 1.82) is 0 Å². The fraction of sp³-hybridized carbons (Fsp3) is 0.417. The van der Waals surface area contributed by atoms with Crippen LogP contribution in [-0.4, -0.2) is 23.4 Å². The topological polar surface area (TPSA) is 46.5 Å². The van der Waals surface area contributed by atoms with Crippen LogP contribution in [0.15, 0.2) is 23.1 Å². The Morgan fingerprint density at radius 1 is 1.50 bits per heavy atom. The first-order valence-corrected chi connectivity index (χ1v) is 6.34. The predicted octanol–water partition coefficient (Wildman–Crippen LogP) is 2.58. The molecule has 0 spiro atoms. The Morgan fingerprint density at radius 2 is 2.38 bits per heavy atom. The molecule has 1 heterocycles. The van der Waals surface area contributed by atoms with Crippen LogP contribution in [0.4, 0.5) is 0 Å². The van der Waals surface area contributed by atoms with Gasteiger partial charge in [-0.05, 0) is 42.4 Å². The highest BCUT2D eigenvalue weighted by molar-refractivity contribution is 7.99. The van der Waals surface area contributed by atoms with Crippen molar-refractivity contribution in [2.75, 3.05) is 12.4 Å². The normalized spacial score (nSPS) is 14.2. The SMILES string of the molecule is O=C(O)CCOc1ccc2c(c1)CCCS2. The Kier molecular flexibility index (Phi) is 3.72. The number of fused-ring (bicyclic) bond motifs is 1. The molecule has 0 saturated carbocycles. The van der Waals surface area contributed by atoms with Gasteiger partial charge in [-0.1, -0.05) is 0 Å². The summed E-state index contributed by atoms with van der Waals surface area (Å²) in [6.07, 6.45) is 2.35. The monoisotopic (exact) mass is 238 g/mol. The van der Waals surface area contributed by atoms with Crippen LogP contribution in [0.25, 0.3) is 0 Å². The standard InChI is InChI=1S/C12H14O3S/c13-12(14)5-6-15-10-3-4-11-9(8-10)2-1-7-16-11/h3-4,8H,1-2,5-7H2,(H,13,14). The van der Waals surface area contributed by atoms with Gasteiger partial charge in [0.05, 0.1) is 13.0 Å². The molecule has 0 aliphatic carbocycles. The molecule has 0 unspecified atom stereocenters. The molecule has 4 heteroatoms. The lowest BCUT2D eigenvalue weighted by atomic mass is 10.1. The summed E-state index contributed by atoms with van der Waals surface area (Å²) in [7, 11) is 0. The molecule has 0 amide bonds. The van der Waals surface area contributed by atoms with E-state index >= 15 is 0 Å². The first-order valence-electron chi connectivity index (χ1n) is 5.36. The van der Waals surface area contributed by atoms with E-state index < -0.39 is 5.97 Å². The number of hydrogen-bond acceptors (Lipinski definition) is 3. The van der Waals surface area contributed by atoms with E-state index in [9.17, 15) is 4.79 Å². The van der Waals surface area contributed by atoms with Crippen LogP contribution in [0.5, 0.6) is 5.75 Å². The van der Waals surface area contributed by atoms with Crippen LogP contribution in [0.3, 0.4) is 0 Å². The highest BCUT2D eigenvalue weighted by Crippen LogP contribution is 2.32. The largest absolute Gasteiger partial charge is 0.493 e. The first kappa shape index (κ1) is 11.3. The van der Waals surface area contributed by atoms with E-state index in [1.165, 1.54) is 22.6 Å². The predicted molar refractivity (Wildman–Crippen MR) is 63.2 cm³/mol. The minimum absolute atomic E-state index is 0.0475. The molecule has 0 fully saturated rings. The third kappa shape index (κ3) is 2.92. The van der Waals surface area contributed by atoms with E-state index in [0.717, 1.165) is 12.2 Å². The molecule has 1 aliphatic heterocycles. The van der Waals surface area contributed by atoms with Crippen molar-refractivity contribution in [3.05, 3.63) is 23.8 Å². The summed E-state index contributed by atoms with van der Waals surface area (Å²) in [5.41, 5.74) is 1.32. The fourth-order valence-corrected chi connectivity index (χ4v) is 2.70. The van der Waals surface area contributed by atoms with E-state index in [0.29, 0.717) is 0 Å². The zero-order chi connectivity index (χ0) is 11.4. The number of benzene rings is 1. The van der Waals surface area contributed by atoms with E-state index in [4.69, 9.17) is 9.84 Å². The van der Waals surface area contributed by atoms with E-state index in [2.05, 4.69) is 6.07 Å². The van der Waals surface area contributed by atoms with Crippen LogP contribution in [0.1, 0.15) is 18.4 Å². The molecule has 2 rings (SSSR count). The van der Waals surface area contributed by atoms with Crippen LogP contribution in [-0.2, 0) is 11.2 Å². The van der Waals surface area contributed by atoms with Crippen LogP contribution in [0.2, 0.25) is 0 Å². The van der Waals surface area contributed by atoms with Gasteiger partial charge < -0.3 is 9.84 Å². The lowest BCUT2D eigenvalue weighted by Gasteiger charge is -2.16. The van der Waals surface area contributed by atoms with Crippen LogP contribution < -0.4 is 4.74 Å². The maximum absolute atomic E-state index is 10.3. The van der Waals surface area contributed by atoms with Crippen molar-refractivity contribution in [2.24, 2.45) is 0 Å². The summed E-state index contributed by atoms with van der Waals surface area (Å²) >= 11 is 1.88. The minimum atomic E-state index is -0.825. The van der Waals surface area contributed by atoms with Gasteiger partial charge >= 0.3 is 5.97 Å². The highest BCUT2D eigenvalue weighted by atomic mass is 32.2. The van der Waals surface area contributed by atoms with Crippen molar-refractivity contribution >= 4 is 17.7 Å². The lowest BCUT2D eigenvalue weighted by molar-refractivity contribution is -0.137. The molecule has 0 radical (unpaired) electrons. The van der Waals surface area contributed by atoms with E-state index in [-0.39, 0.29) is 13.0 Å². The Hall–Kier alpha value is -1.16. The number of carboxylic acid groups (broad SMARTS) is 1. The van der Waals surface area contributed by atoms with Crippen molar-refractivity contribution in [2.45, 2.75) is 24.2 Å². The summed E-state index contributed by atoms with van der Waals surface area (Å²) in [6.45, 7) is 0.237. The van der Waals surface area contributed by atoms with Gasteiger partial charge in [-0.25, -0.2) is 0 Å². The quantitative estimate of drug-likeness (QED) is 0.875. The number of aliphatic carboxylic acids is 1. The lowest BCUT2D eigenvalue weighted by Crippen LogP contribution is -2.05. The zero-order valence-corrected chi connectivity index (χ0v) is 9.76. The second-order valence-corrected chi connectivity index (χ2v) is 4.85. The van der Waals surface area contributed by atoms with Crippen molar-refractivity contribution in [3.8, 4) is 5.75 Å². The third-order valence-electron chi connectivity index (χ3n) is 2.46. The van der Waals surface area contributed by atoms with Gasteiger partial charge in [0, 0.05) is 4.90 Å². The van der Waals surface area contributed by atoms with Gasteiger partial charge in [0.1, 0.15) is 5.75 Å². The van der Waals surface area contributed by atoms with E-state index in [1.54, 1.807) is 0 Å². The second-order valence-electron chi connectivity index (χ2n) is 3.71. The average molecular weight is 238 g/mol. The summed E-state index contributed by atoms with van der Waals surface area (Å²) in [4.78, 5) is 11.7. The van der Waals surface area contributed by atoms with Gasteiger partial charge in [-0.3, -0.25) is 4.79 Å². The number of ether oxygens (including phenoxy) is 1. The van der Waals surface area contributed by atoms with Crippen molar-refractivity contribution in [1.82, 2.24) is 0 Å². The average Bonchev–Trinajstić information content (AvgIpc) is 2.28. The van der Waals surface area contributed by atoms with Crippen molar-refractivity contribution in [3.63, 3.8) is 0 Å². The smallest absolute Gasteiger partial charge is 0.306 e. The highest BCUT2D eigenvalue weighted by Gasteiger charge is 2.10. The van der Waals surface area contributed by atoms with Gasteiger partial charge in [0.25, 0.3) is 0 Å². The molecule has 0 atom stereocenters. The molecule has 1 aromatic rings. The minimum Gasteiger partial charge on any atom is -0.493 e. The summed E-state index contributed by atoms with van der Waals surface area (Å²) in [6, 6.07) is 6.01. The van der Waals surface area contributed by atoms with Gasteiger partial charge in [0.2, 0.25) is 0 Å². The maximum Gasteiger partial charge on any atom is 0.306 e. The Morgan fingerprint density at radius 3 is 3.19 bits per heavy atom. The number of hydrogen-bond donors (Lipinski definition) is 1. The molecular formula is C12H14O3S. The fourth-order valence-electron chi connectivity index (χ4n) is 1.68. The van der Waals surface area contributed by atoms with Crippen molar-refractivity contribution < 1.29 is 14.6 Å². The number of aryl methyl sites for hydroxylation is 1. The third-order valence-corrected chi connectivity index (χ3v) is 3.67. The molecule has 1 aromatic carbocycles. The molecular weight excluding hydrogens is 224 g/mol. The molecule has 0 saturated heterocycles. The summed E-state index contributed by atoms with van der Waals surface area (Å²) in [5, 5.41) is 8.50. The molecule has 3 nitrogen and oxygen atoms in total. The Bertz CT molecular complexity index is 390. The van der Waals surface area contributed by atoms with Crippen LogP contribution in [0, 0.1) is 0 Å². The zero-order valence-electron chi connectivity index (χ0n) is 8.94. The van der Waals surface area contributed by atoms with Crippen LogP contribution >= 0.6 is 11.8 Å². The molecule has 86 valence electrons. The number of thioether (sulfide) groups is 1.